The molecule has 3 saturated heterocycles. The summed E-state index contributed by atoms with van der Waals surface area (Å²) < 4.78 is 23.9. The monoisotopic (exact) mass is 1050 g/mol. The maximum Gasteiger partial charge on any atom is 0.325 e. The van der Waals surface area contributed by atoms with E-state index in [2.05, 4.69) is 63.1 Å². The van der Waals surface area contributed by atoms with Gasteiger partial charge < -0.3 is 41.5 Å². The van der Waals surface area contributed by atoms with Gasteiger partial charge in [0.1, 0.15) is 24.7 Å². The lowest BCUT2D eigenvalue weighted by Gasteiger charge is -2.32. The van der Waals surface area contributed by atoms with Crippen LogP contribution in [0.4, 0.5) is 21.7 Å². The highest BCUT2D eigenvalue weighted by Gasteiger charge is 2.26. The van der Waals surface area contributed by atoms with Crippen molar-refractivity contribution in [2.45, 2.75) is 83.7 Å². The number of anilines is 3. The molecule has 0 aliphatic carbocycles. The Balaban J connectivity index is 0.691. The number of ether oxygens (including phenoxy) is 1. The molecule has 0 radical (unpaired) electrons. The summed E-state index contributed by atoms with van der Waals surface area (Å²) in [5.41, 5.74) is 10.7. The first-order valence-electron chi connectivity index (χ1n) is 26.6. The molecular formula is C55H67FN14O7. The van der Waals surface area contributed by atoms with E-state index < -0.39 is 29.5 Å². The minimum Gasteiger partial charge on any atom is -0.468 e. The van der Waals surface area contributed by atoms with E-state index in [0.717, 1.165) is 81.7 Å². The topological polar surface area (TPSA) is 257 Å². The number of nitrogens with one attached hydrogen (secondary N) is 4. The predicted molar refractivity (Wildman–Crippen MR) is 287 cm³/mol. The molecule has 0 unspecified atom stereocenters. The van der Waals surface area contributed by atoms with Crippen molar-refractivity contribution in [2.75, 3.05) is 82.8 Å². The molecule has 9 rings (SSSR count). The van der Waals surface area contributed by atoms with Crippen molar-refractivity contribution < 1.29 is 37.9 Å². The number of nitrogens with two attached hydrogens (primary N) is 1. The molecule has 3 aromatic carbocycles. The van der Waals surface area contributed by atoms with E-state index in [9.17, 15) is 28.8 Å². The lowest BCUT2D eigenvalue weighted by atomic mass is 9.89. The summed E-state index contributed by atoms with van der Waals surface area (Å²) >= 11 is 0. The molecule has 0 atom stereocenters. The Bertz CT molecular complexity index is 3120. The van der Waals surface area contributed by atoms with Crippen LogP contribution in [0.5, 0.6) is 0 Å². The summed E-state index contributed by atoms with van der Waals surface area (Å²) in [7, 11) is 1.21. The molecule has 3 aliphatic rings. The fraction of sp³-hybridized carbons (Fsp3) is 0.455. The Morgan fingerprint density at radius 3 is 2.26 bits per heavy atom. The van der Waals surface area contributed by atoms with Crippen LogP contribution in [0.1, 0.15) is 85.5 Å². The number of carbonyl (C=O) groups is 6. The number of rotatable bonds is 20. The lowest BCUT2D eigenvalue weighted by Crippen LogP contribution is -2.42. The average Bonchev–Trinajstić information content (AvgIpc) is 4.07. The maximum atomic E-state index is 15.9. The second-order valence-electron chi connectivity index (χ2n) is 20.2. The van der Waals surface area contributed by atoms with Gasteiger partial charge in [-0.3, -0.25) is 43.0 Å². The van der Waals surface area contributed by atoms with Gasteiger partial charge >= 0.3 is 5.97 Å². The fourth-order valence-corrected chi connectivity index (χ4v) is 10.7. The maximum absolute atomic E-state index is 15.9. The average molecular weight is 1060 g/mol. The van der Waals surface area contributed by atoms with Gasteiger partial charge in [-0.15, -0.1) is 0 Å². The molecule has 21 nitrogen and oxygen atoms in total. The molecule has 406 valence electrons. The number of fused-ring (bicyclic) bond motifs is 2. The molecule has 6 heterocycles. The largest absolute Gasteiger partial charge is 0.468 e. The smallest absolute Gasteiger partial charge is 0.325 e. The zero-order valence-corrected chi connectivity index (χ0v) is 43.7. The zero-order chi connectivity index (χ0) is 54.0. The van der Waals surface area contributed by atoms with E-state index in [1.54, 1.807) is 31.5 Å². The van der Waals surface area contributed by atoms with Crippen molar-refractivity contribution in [3.05, 3.63) is 89.8 Å². The van der Waals surface area contributed by atoms with E-state index in [1.807, 2.05) is 33.8 Å². The number of esters is 1. The van der Waals surface area contributed by atoms with E-state index >= 15 is 4.39 Å². The summed E-state index contributed by atoms with van der Waals surface area (Å²) in [6.07, 6.45) is 11.0. The Hall–Kier alpha value is -8.01. The highest BCUT2D eigenvalue weighted by molar-refractivity contribution is 6.00. The molecular weight excluding hydrogens is 988 g/mol. The molecule has 77 heavy (non-hydrogen) atoms. The van der Waals surface area contributed by atoms with Crippen LogP contribution >= 0.6 is 0 Å². The molecule has 5 amide bonds. The van der Waals surface area contributed by atoms with Gasteiger partial charge in [-0.05, 0) is 125 Å². The third-order valence-electron chi connectivity index (χ3n) is 14.9. The number of aryl methyl sites for hydroxylation is 1. The molecule has 6 N–H and O–H groups in total. The van der Waals surface area contributed by atoms with Crippen LogP contribution < -0.4 is 31.9 Å². The van der Waals surface area contributed by atoms with Crippen LogP contribution in [0, 0.1) is 18.7 Å². The number of nitrogens with zero attached hydrogens (tertiary/aromatic N) is 9. The molecule has 6 aromatic rings. The van der Waals surface area contributed by atoms with Gasteiger partial charge in [0.2, 0.25) is 23.6 Å². The summed E-state index contributed by atoms with van der Waals surface area (Å²) in [5, 5.41) is 21.8. The third-order valence-corrected chi connectivity index (χ3v) is 14.9. The SMILES string of the molecule is COC(=O)CNC(=O)CNC(=O)Cn1nc(C)c2c(-c3cc4c(cnn4CC4CCN(CC(=O)NCCCC(=O)N5CCC(c6ccc(Nc7nc(N8CCCCC8)cnc7C(N)=O)cc6)CC5)CC4)cc3F)cccc21. The Labute approximate surface area is 445 Å². The molecule has 0 bridgehead atoms. The number of primary amides is 1. The van der Waals surface area contributed by atoms with Crippen molar-refractivity contribution in [3.8, 4) is 11.1 Å². The number of amides is 5. The van der Waals surface area contributed by atoms with Gasteiger partial charge in [0, 0.05) is 67.7 Å². The number of methoxy groups -OCH3 is 1. The first kappa shape index (κ1) is 53.8. The van der Waals surface area contributed by atoms with Crippen molar-refractivity contribution in [3.63, 3.8) is 0 Å². The van der Waals surface area contributed by atoms with E-state index in [-0.39, 0.29) is 43.7 Å². The normalized spacial score (nSPS) is 15.6. The van der Waals surface area contributed by atoms with E-state index in [4.69, 9.17) is 10.7 Å². The summed E-state index contributed by atoms with van der Waals surface area (Å²) in [5.74, 6) is -0.959. The number of carbonyl (C=O) groups excluding carboxylic acids is 6. The Kier molecular flexibility index (Phi) is 17.3. The number of hydrogen-bond donors (Lipinski definition) is 5. The number of halogens is 1. The number of benzene rings is 3. The first-order valence-corrected chi connectivity index (χ1v) is 26.6. The van der Waals surface area contributed by atoms with Gasteiger partial charge in [0.15, 0.2) is 11.5 Å². The highest BCUT2D eigenvalue weighted by atomic mass is 19.1. The van der Waals surface area contributed by atoms with Gasteiger partial charge in [0.05, 0.1) is 49.3 Å². The van der Waals surface area contributed by atoms with Gasteiger partial charge in [-0.1, -0.05) is 24.3 Å². The van der Waals surface area contributed by atoms with Crippen LogP contribution in [0.15, 0.2) is 67.0 Å². The second kappa shape index (κ2) is 24.8. The van der Waals surface area contributed by atoms with Crippen LogP contribution in [0.2, 0.25) is 0 Å². The zero-order valence-electron chi connectivity index (χ0n) is 43.7. The molecule has 3 fully saturated rings. The van der Waals surface area contributed by atoms with Crippen LogP contribution in [0.25, 0.3) is 32.9 Å². The number of likely N-dealkylation sites (tertiary alicyclic amines) is 2. The standard InChI is InChI=1S/C55H67FN14O7/c1-35-52-41(8-6-9-44(52)70(65-35)34-49(73)59-30-47(71)60-31-51(75)77-2)42-27-45-39(26-43(42)56)28-62-69(45)32-36-15-22-66(23-16-36)33-48(72)58-19-7-10-50(74)68-24-17-38(18-25-68)37-11-13-40(14-12-37)63-55-53(54(57)76)61-29-46(64-55)67-20-4-3-5-21-67/h6,8-9,11-14,26-29,36,38H,3-5,7,10,15-25,30-34H2,1-2H3,(H2,57,76)(H,58,72)(H,59,73)(H,60,71)(H,63,64). The first-order chi connectivity index (χ1) is 37.3. The van der Waals surface area contributed by atoms with Gasteiger partial charge in [-0.2, -0.15) is 10.2 Å². The van der Waals surface area contributed by atoms with Crippen molar-refractivity contribution in [2.24, 2.45) is 11.7 Å². The summed E-state index contributed by atoms with van der Waals surface area (Å²) in [4.78, 5) is 89.9. The van der Waals surface area contributed by atoms with Crippen LogP contribution in [-0.2, 0) is 41.8 Å². The van der Waals surface area contributed by atoms with E-state index in [0.29, 0.717) is 89.8 Å². The summed E-state index contributed by atoms with van der Waals surface area (Å²) in [6.45, 7) is 6.97. The minimum atomic E-state index is -0.642. The second-order valence-corrected chi connectivity index (χ2v) is 20.2. The third kappa shape index (κ3) is 13.3. The fourth-order valence-electron chi connectivity index (χ4n) is 10.7. The molecule has 22 heteroatoms. The molecule has 3 aromatic heterocycles. The van der Waals surface area contributed by atoms with Crippen molar-refractivity contribution in [1.82, 2.24) is 55.3 Å². The van der Waals surface area contributed by atoms with Crippen LogP contribution in [0.3, 0.4) is 0 Å². The van der Waals surface area contributed by atoms with Crippen LogP contribution in [-0.4, -0.2) is 147 Å². The summed E-state index contributed by atoms with van der Waals surface area (Å²) in [6, 6.07) is 16.8. The van der Waals surface area contributed by atoms with Crippen molar-refractivity contribution in [1.29, 1.82) is 0 Å². The Morgan fingerprint density at radius 1 is 0.779 bits per heavy atom. The number of piperidine rings is 3. The highest BCUT2D eigenvalue weighted by Crippen LogP contribution is 2.36. The number of aromatic nitrogens is 6. The quantitative estimate of drug-likeness (QED) is 0.0520. The Morgan fingerprint density at radius 2 is 1.52 bits per heavy atom. The number of hydrogen-bond acceptors (Lipinski definition) is 14. The van der Waals surface area contributed by atoms with Crippen molar-refractivity contribution >= 4 is 74.6 Å². The predicted octanol–water partition coefficient (Wildman–Crippen LogP) is 4.54. The van der Waals surface area contributed by atoms with Gasteiger partial charge in [-0.25, -0.2) is 14.4 Å². The molecule has 3 aliphatic heterocycles. The molecule has 0 spiro atoms. The molecule has 0 saturated carbocycles. The lowest BCUT2D eigenvalue weighted by molar-refractivity contribution is -0.141. The van der Waals surface area contributed by atoms with Gasteiger partial charge in [0.25, 0.3) is 5.91 Å². The van der Waals surface area contributed by atoms with E-state index in [1.165, 1.54) is 29.8 Å². The minimum absolute atomic E-state index is 0.0602.